The number of allylic oxidation sites excluding steroid dienone is 1. The summed E-state index contributed by atoms with van der Waals surface area (Å²) in [6.07, 6.45) is 6.92. The minimum absolute atomic E-state index is 0.192. The second-order valence-corrected chi connectivity index (χ2v) is 5.09. The molecule has 2 aromatic carbocycles. The topological polar surface area (TPSA) is 0 Å². The molecule has 1 unspecified atom stereocenters. The molecule has 0 heterocycles. The van der Waals surface area contributed by atoms with Gasteiger partial charge in [-0.25, -0.2) is 0 Å². The number of hydrogen-bond acceptors (Lipinski definition) is 0. The minimum atomic E-state index is 0.192. The fourth-order valence-corrected chi connectivity index (χ4v) is 2.98. The van der Waals surface area contributed by atoms with Crippen LogP contribution in [-0.4, -0.2) is 0 Å². The van der Waals surface area contributed by atoms with Crippen LogP contribution in [0.3, 0.4) is 0 Å². The first kappa shape index (κ1) is 11.3. The maximum atomic E-state index is 2.39. The van der Waals surface area contributed by atoms with Gasteiger partial charge in [-0.2, -0.15) is 0 Å². The van der Waals surface area contributed by atoms with Crippen LogP contribution in [0.4, 0.5) is 0 Å². The van der Waals surface area contributed by atoms with Crippen LogP contribution in [0, 0.1) is 0 Å². The quantitative estimate of drug-likeness (QED) is 0.728. The molecule has 1 aliphatic rings. The standard InChI is InChI=1S/C18H18/c1-2-18(14-15-8-4-3-5-9-15)13-12-16-10-6-7-11-17(16)18/h3-13H,2,14H2,1H3. The Kier molecular flexibility index (Phi) is 2.79. The predicted molar refractivity (Wildman–Crippen MR) is 77.6 cm³/mol. The molecule has 0 aromatic heterocycles. The van der Waals surface area contributed by atoms with Gasteiger partial charge in [0.1, 0.15) is 0 Å². The van der Waals surface area contributed by atoms with Crippen LogP contribution in [0.2, 0.25) is 0 Å². The van der Waals surface area contributed by atoms with Crippen LogP contribution in [0.1, 0.15) is 30.0 Å². The van der Waals surface area contributed by atoms with Gasteiger partial charge >= 0.3 is 0 Å². The summed E-state index contributed by atoms with van der Waals surface area (Å²) in [5.41, 5.74) is 4.48. The third-order valence-corrected chi connectivity index (χ3v) is 4.07. The monoisotopic (exact) mass is 234 g/mol. The molecule has 0 nitrogen and oxygen atoms in total. The molecule has 2 aromatic rings. The number of hydrogen-bond donors (Lipinski definition) is 0. The van der Waals surface area contributed by atoms with Gasteiger partial charge in [0.2, 0.25) is 0 Å². The summed E-state index contributed by atoms with van der Waals surface area (Å²) in [7, 11) is 0. The highest BCUT2D eigenvalue weighted by atomic mass is 14.4. The van der Waals surface area contributed by atoms with Gasteiger partial charge in [-0.05, 0) is 29.5 Å². The van der Waals surface area contributed by atoms with Gasteiger partial charge in [-0.3, -0.25) is 0 Å². The van der Waals surface area contributed by atoms with E-state index in [-0.39, 0.29) is 5.41 Å². The van der Waals surface area contributed by atoms with Crippen LogP contribution in [-0.2, 0) is 11.8 Å². The highest BCUT2D eigenvalue weighted by molar-refractivity contribution is 5.65. The van der Waals surface area contributed by atoms with Crippen molar-refractivity contribution in [3.05, 3.63) is 77.4 Å². The minimum Gasteiger partial charge on any atom is -0.0730 e. The van der Waals surface area contributed by atoms with Crippen molar-refractivity contribution in [2.45, 2.75) is 25.2 Å². The van der Waals surface area contributed by atoms with Crippen LogP contribution in [0.5, 0.6) is 0 Å². The van der Waals surface area contributed by atoms with Crippen molar-refractivity contribution < 1.29 is 0 Å². The lowest BCUT2D eigenvalue weighted by Gasteiger charge is -2.28. The zero-order valence-corrected chi connectivity index (χ0v) is 10.8. The summed E-state index contributed by atoms with van der Waals surface area (Å²) >= 11 is 0. The molecular weight excluding hydrogens is 216 g/mol. The van der Waals surface area contributed by atoms with Crippen molar-refractivity contribution in [2.75, 3.05) is 0 Å². The average molecular weight is 234 g/mol. The largest absolute Gasteiger partial charge is 0.0730 e. The van der Waals surface area contributed by atoms with Crippen molar-refractivity contribution in [1.82, 2.24) is 0 Å². The van der Waals surface area contributed by atoms with E-state index in [1.807, 2.05) is 0 Å². The SMILES string of the molecule is CCC1(Cc2ccccc2)C=Cc2ccccc21. The molecule has 0 heteroatoms. The summed E-state index contributed by atoms with van der Waals surface area (Å²) in [6, 6.07) is 19.6. The predicted octanol–water partition coefficient (Wildman–Crippen LogP) is 4.60. The lowest BCUT2D eigenvalue weighted by atomic mass is 9.75. The molecular formula is C18H18. The zero-order valence-electron chi connectivity index (χ0n) is 10.8. The summed E-state index contributed by atoms with van der Waals surface area (Å²) in [5, 5.41) is 0. The number of benzene rings is 2. The van der Waals surface area contributed by atoms with Gasteiger partial charge in [0.15, 0.2) is 0 Å². The van der Waals surface area contributed by atoms with E-state index in [2.05, 4.69) is 73.7 Å². The van der Waals surface area contributed by atoms with E-state index in [9.17, 15) is 0 Å². The maximum absolute atomic E-state index is 2.39. The van der Waals surface area contributed by atoms with Gasteiger partial charge in [0.05, 0.1) is 0 Å². The first-order valence-electron chi connectivity index (χ1n) is 6.67. The van der Waals surface area contributed by atoms with Crippen LogP contribution < -0.4 is 0 Å². The van der Waals surface area contributed by atoms with Gasteiger partial charge in [0.25, 0.3) is 0 Å². The molecule has 0 saturated heterocycles. The lowest BCUT2D eigenvalue weighted by Crippen LogP contribution is -2.23. The molecule has 90 valence electrons. The van der Waals surface area contributed by atoms with Crippen molar-refractivity contribution in [3.63, 3.8) is 0 Å². The van der Waals surface area contributed by atoms with Crippen LogP contribution in [0.25, 0.3) is 6.08 Å². The summed E-state index contributed by atoms with van der Waals surface area (Å²) < 4.78 is 0. The van der Waals surface area contributed by atoms with Gasteiger partial charge in [-0.15, -0.1) is 0 Å². The Bertz CT molecular complexity index is 566. The normalized spacial score (nSPS) is 20.9. The molecule has 0 saturated carbocycles. The number of fused-ring (bicyclic) bond motifs is 1. The van der Waals surface area contributed by atoms with Crippen molar-refractivity contribution in [2.24, 2.45) is 0 Å². The lowest BCUT2D eigenvalue weighted by molar-refractivity contribution is 0.521. The molecule has 0 radical (unpaired) electrons. The van der Waals surface area contributed by atoms with E-state index >= 15 is 0 Å². The average Bonchev–Trinajstić information content (AvgIpc) is 2.80. The molecule has 0 N–H and O–H groups in total. The molecule has 0 fully saturated rings. The third kappa shape index (κ3) is 1.78. The zero-order chi connectivity index (χ0) is 12.4. The Morgan fingerprint density at radius 2 is 1.61 bits per heavy atom. The maximum Gasteiger partial charge on any atom is 0.0179 e. The van der Waals surface area contributed by atoms with E-state index in [1.54, 1.807) is 0 Å². The molecule has 0 bridgehead atoms. The van der Waals surface area contributed by atoms with Crippen LogP contribution >= 0.6 is 0 Å². The first-order chi connectivity index (χ1) is 8.84. The number of rotatable bonds is 3. The van der Waals surface area contributed by atoms with E-state index in [1.165, 1.54) is 16.7 Å². The summed E-state index contributed by atoms with van der Waals surface area (Å²) in [6.45, 7) is 2.29. The fraction of sp³-hybridized carbons (Fsp3) is 0.222. The molecule has 3 rings (SSSR count). The first-order valence-corrected chi connectivity index (χ1v) is 6.67. The molecule has 0 aliphatic heterocycles. The fourth-order valence-electron chi connectivity index (χ4n) is 2.98. The Hall–Kier alpha value is -1.82. The third-order valence-electron chi connectivity index (χ3n) is 4.07. The van der Waals surface area contributed by atoms with Crippen LogP contribution in [0.15, 0.2) is 60.7 Å². The van der Waals surface area contributed by atoms with Crippen molar-refractivity contribution in [1.29, 1.82) is 0 Å². The Balaban J connectivity index is 2.01. The highest BCUT2D eigenvalue weighted by Crippen LogP contribution is 2.41. The molecule has 18 heavy (non-hydrogen) atoms. The molecule has 1 aliphatic carbocycles. The smallest absolute Gasteiger partial charge is 0.0179 e. The summed E-state index contributed by atoms with van der Waals surface area (Å²) in [5.74, 6) is 0. The molecule has 0 amide bonds. The van der Waals surface area contributed by atoms with Gasteiger partial charge < -0.3 is 0 Å². The summed E-state index contributed by atoms with van der Waals surface area (Å²) in [4.78, 5) is 0. The Labute approximate surface area is 109 Å². The van der Waals surface area contributed by atoms with E-state index in [4.69, 9.17) is 0 Å². The molecule has 0 spiro atoms. The molecule has 1 atom stereocenters. The van der Waals surface area contributed by atoms with Gasteiger partial charge in [0, 0.05) is 5.41 Å². The van der Waals surface area contributed by atoms with E-state index < -0.39 is 0 Å². The second-order valence-electron chi connectivity index (χ2n) is 5.09. The Morgan fingerprint density at radius 1 is 0.889 bits per heavy atom. The van der Waals surface area contributed by atoms with E-state index in [0.717, 1.165) is 12.8 Å². The Morgan fingerprint density at radius 3 is 2.39 bits per heavy atom. The van der Waals surface area contributed by atoms with Crippen molar-refractivity contribution >= 4 is 6.08 Å². The highest BCUT2D eigenvalue weighted by Gasteiger charge is 2.32. The van der Waals surface area contributed by atoms with E-state index in [0.29, 0.717) is 0 Å². The second kappa shape index (κ2) is 4.45. The van der Waals surface area contributed by atoms with Gasteiger partial charge in [-0.1, -0.05) is 73.7 Å². The van der Waals surface area contributed by atoms with Crippen molar-refractivity contribution in [3.8, 4) is 0 Å².